The maximum absolute atomic E-state index is 14.5. The molecule has 0 bridgehead atoms. The normalized spacial score (nSPS) is 21.3. The molecule has 0 radical (unpaired) electrons. The standard InChI is InChI=1S/C28H28F2N4O2S/c1-27(2,3)36-26(35)32-25-33-28(19-7-4-6-18(14-19)23-8-5-13-31-24(23)30)17-34(15-20(28)16-37-25)22-11-9-21(29)10-12-22/h4-14,20H,15-17H2,1-3H3,(H,32,33,35). The number of thioether (sulfide) groups is 1. The topological polar surface area (TPSA) is 66.8 Å². The Balaban J connectivity index is 1.55. The predicted octanol–water partition coefficient (Wildman–Crippen LogP) is 5.99. The first-order valence-electron chi connectivity index (χ1n) is 12.1. The minimum absolute atomic E-state index is 0.0979. The molecular formula is C28H28F2N4O2S. The van der Waals surface area contributed by atoms with E-state index in [-0.39, 0.29) is 11.7 Å². The number of aliphatic imine (C=N–C) groups is 1. The van der Waals surface area contributed by atoms with Gasteiger partial charge < -0.3 is 9.64 Å². The Morgan fingerprint density at radius 2 is 1.92 bits per heavy atom. The first-order chi connectivity index (χ1) is 17.6. The summed E-state index contributed by atoms with van der Waals surface area (Å²) in [6.07, 6.45) is 0.860. The number of nitrogens with zero attached hydrogens (tertiary/aromatic N) is 3. The second-order valence-corrected chi connectivity index (χ2v) is 11.3. The molecule has 2 atom stereocenters. The van der Waals surface area contributed by atoms with Gasteiger partial charge in [-0.2, -0.15) is 4.39 Å². The first kappa shape index (κ1) is 25.2. The summed E-state index contributed by atoms with van der Waals surface area (Å²) < 4.78 is 33.6. The SMILES string of the molecule is CC(C)(C)OC(=O)NC1=NC2(c3cccc(-c4cccnc4F)c3)CN(c3ccc(F)cc3)CC2CS1. The molecule has 0 saturated carbocycles. The molecule has 2 aromatic carbocycles. The van der Waals surface area contributed by atoms with E-state index in [1.165, 1.54) is 30.1 Å². The summed E-state index contributed by atoms with van der Waals surface area (Å²) in [7, 11) is 0. The van der Waals surface area contributed by atoms with Crippen molar-refractivity contribution in [2.75, 3.05) is 23.7 Å². The minimum Gasteiger partial charge on any atom is -0.444 e. The third-order valence-electron chi connectivity index (χ3n) is 6.50. The van der Waals surface area contributed by atoms with Crippen molar-refractivity contribution in [2.45, 2.75) is 31.9 Å². The zero-order valence-corrected chi connectivity index (χ0v) is 21.7. The molecule has 5 rings (SSSR count). The van der Waals surface area contributed by atoms with Crippen LogP contribution in [0.3, 0.4) is 0 Å². The lowest BCUT2D eigenvalue weighted by molar-refractivity contribution is 0.0564. The van der Waals surface area contributed by atoms with E-state index in [1.807, 2.05) is 24.3 Å². The third-order valence-corrected chi connectivity index (χ3v) is 7.54. The van der Waals surface area contributed by atoms with Crippen LogP contribution < -0.4 is 10.2 Å². The number of aromatic nitrogens is 1. The number of carbonyl (C=O) groups is 1. The van der Waals surface area contributed by atoms with Gasteiger partial charge in [-0.05, 0) is 74.4 Å². The molecule has 2 aliphatic rings. The highest BCUT2D eigenvalue weighted by atomic mass is 32.2. The Morgan fingerprint density at radius 1 is 1.14 bits per heavy atom. The summed E-state index contributed by atoms with van der Waals surface area (Å²) in [4.78, 5) is 23.6. The third kappa shape index (κ3) is 5.32. The molecule has 3 aromatic rings. The summed E-state index contributed by atoms with van der Waals surface area (Å²) in [5.41, 5.74) is 1.56. The number of hydrogen-bond acceptors (Lipinski definition) is 6. The second-order valence-electron chi connectivity index (χ2n) is 10.3. The van der Waals surface area contributed by atoms with Crippen molar-refractivity contribution >= 4 is 28.7 Å². The van der Waals surface area contributed by atoms with Crippen LogP contribution >= 0.6 is 11.8 Å². The lowest BCUT2D eigenvalue weighted by Crippen LogP contribution is -2.43. The van der Waals surface area contributed by atoms with Crippen molar-refractivity contribution in [3.05, 3.63) is 84.2 Å². The van der Waals surface area contributed by atoms with Gasteiger partial charge in [-0.1, -0.05) is 30.0 Å². The zero-order chi connectivity index (χ0) is 26.2. The monoisotopic (exact) mass is 522 g/mol. The Hall–Kier alpha value is -3.46. The number of anilines is 1. The van der Waals surface area contributed by atoms with Gasteiger partial charge in [-0.3, -0.25) is 5.32 Å². The first-order valence-corrected chi connectivity index (χ1v) is 13.1. The molecule has 1 saturated heterocycles. The highest BCUT2D eigenvalue weighted by molar-refractivity contribution is 8.13. The van der Waals surface area contributed by atoms with E-state index in [1.54, 1.807) is 45.0 Å². The van der Waals surface area contributed by atoms with Crippen molar-refractivity contribution < 1.29 is 18.3 Å². The summed E-state index contributed by atoms with van der Waals surface area (Å²) in [6, 6.07) is 17.5. The average molecular weight is 523 g/mol. The molecule has 37 heavy (non-hydrogen) atoms. The molecule has 3 heterocycles. The predicted molar refractivity (Wildman–Crippen MR) is 143 cm³/mol. The zero-order valence-electron chi connectivity index (χ0n) is 20.9. The molecule has 9 heteroatoms. The number of carbonyl (C=O) groups excluding carboxylic acids is 1. The molecule has 1 amide bonds. The lowest BCUT2D eigenvalue weighted by atomic mass is 9.81. The highest BCUT2D eigenvalue weighted by Crippen LogP contribution is 2.47. The summed E-state index contributed by atoms with van der Waals surface area (Å²) in [5.74, 6) is -0.0277. The fraction of sp³-hybridized carbons (Fsp3) is 0.321. The average Bonchev–Trinajstić information content (AvgIpc) is 3.24. The van der Waals surface area contributed by atoms with Gasteiger partial charge in [0, 0.05) is 42.2 Å². The highest BCUT2D eigenvalue weighted by Gasteiger charge is 2.50. The van der Waals surface area contributed by atoms with Gasteiger partial charge in [0.05, 0.1) is 0 Å². The van der Waals surface area contributed by atoms with E-state index in [9.17, 15) is 13.6 Å². The number of alkyl carbamates (subject to hydrolysis) is 1. The lowest BCUT2D eigenvalue weighted by Gasteiger charge is -2.36. The van der Waals surface area contributed by atoms with Crippen LogP contribution in [-0.2, 0) is 10.3 Å². The largest absolute Gasteiger partial charge is 0.444 e. The number of fused-ring (bicyclic) bond motifs is 1. The van der Waals surface area contributed by atoms with E-state index in [0.717, 1.165) is 11.3 Å². The van der Waals surface area contributed by atoms with Crippen LogP contribution in [0.5, 0.6) is 0 Å². The number of hydrogen-bond donors (Lipinski definition) is 1. The fourth-order valence-electron chi connectivity index (χ4n) is 4.86. The van der Waals surface area contributed by atoms with Crippen molar-refractivity contribution in [2.24, 2.45) is 10.9 Å². The Labute approximate surface area is 219 Å². The quantitative estimate of drug-likeness (QED) is 0.429. The van der Waals surface area contributed by atoms with Gasteiger partial charge in [0.15, 0.2) is 5.17 Å². The van der Waals surface area contributed by atoms with E-state index >= 15 is 0 Å². The van der Waals surface area contributed by atoms with Crippen molar-refractivity contribution in [1.29, 1.82) is 0 Å². The molecule has 1 aromatic heterocycles. The van der Waals surface area contributed by atoms with E-state index in [4.69, 9.17) is 9.73 Å². The van der Waals surface area contributed by atoms with Crippen LogP contribution in [0, 0.1) is 17.7 Å². The van der Waals surface area contributed by atoms with Crippen LogP contribution in [0.15, 0.2) is 71.9 Å². The molecule has 6 nitrogen and oxygen atoms in total. The van der Waals surface area contributed by atoms with Crippen molar-refractivity contribution in [3.63, 3.8) is 0 Å². The number of amides is 1. The number of halogens is 2. The van der Waals surface area contributed by atoms with E-state index in [2.05, 4.69) is 15.2 Å². The van der Waals surface area contributed by atoms with Crippen LogP contribution in [0.25, 0.3) is 11.1 Å². The number of amidine groups is 1. The molecule has 0 spiro atoms. The number of pyridine rings is 1. The minimum atomic E-state index is -0.710. The van der Waals surface area contributed by atoms with Crippen molar-refractivity contribution in [1.82, 2.24) is 10.3 Å². The fourth-order valence-corrected chi connectivity index (χ4v) is 5.99. The van der Waals surface area contributed by atoms with Gasteiger partial charge in [0.1, 0.15) is 17.0 Å². The number of rotatable bonds is 3. The molecule has 1 N–H and O–H groups in total. The van der Waals surface area contributed by atoms with Gasteiger partial charge in [-0.15, -0.1) is 0 Å². The maximum atomic E-state index is 14.5. The smallest absolute Gasteiger partial charge is 0.413 e. The molecule has 192 valence electrons. The molecular weight excluding hydrogens is 494 g/mol. The summed E-state index contributed by atoms with van der Waals surface area (Å²) in [6.45, 7) is 6.64. The van der Waals surface area contributed by atoms with Crippen LogP contribution in [0.1, 0.15) is 26.3 Å². The van der Waals surface area contributed by atoms with Gasteiger partial charge in [0.2, 0.25) is 5.95 Å². The number of nitrogens with one attached hydrogen (secondary N) is 1. The van der Waals surface area contributed by atoms with E-state index < -0.39 is 23.2 Å². The van der Waals surface area contributed by atoms with E-state index in [0.29, 0.717) is 35.1 Å². The molecule has 1 fully saturated rings. The van der Waals surface area contributed by atoms with Gasteiger partial charge in [-0.25, -0.2) is 19.2 Å². The maximum Gasteiger partial charge on any atom is 0.413 e. The summed E-state index contributed by atoms with van der Waals surface area (Å²) >= 11 is 1.47. The number of ether oxygens (including phenoxy) is 1. The van der Waals surface area contributed by atoms with Gasteiger partial charge in [0.25, 0.3) is 0 Å². The second kappa shape index (κ2) is 9.78. The van der Waals surface area contributed by atoms with Crippen LogP contribution in [0.2, 0.25) is 0 Å². The van der Waals surface area contributed by atoms with Crippen LogP contribution in [-0.4, -0.2) is 40.7 Å². The Bertz CT molecular complexity index is 1340. The Morgan fingerprint density at radius 3 is 2.65 bits per heavy atom. The molecule has 2 aliphatic heterocycles. The van der Waals surface area contributed by atoms with Gasteiger partial charge >= 0.3 is 6.09 Å². The van der Waals surface area contributed by atoms with Crippen LogP contribution in [0.4, 0.5) is 19.3 Å². The molecule has 0 aliphatic carbocycles. The summed E-state index contributed by atoms with van der Waals surface area (Å²) in [5, 5.41) is 3.29. The molecule has 2 unspecified atom stereocenters. The number of benzene rings is 2. The Kier molecular flexibility index (Phi) is 6.66. The van der Waals surface area contributed by atoms with Crippen molar-refractivity contribution in [3.8, 4) is 11.1 Å².